The van der Waals surface area contributed by atoms with Gasteiger partial charge in [0.1, 0.15) is 5.82 Å². The molecule has 0 aliphatic carbocycles. The fourth-order valence-electron chi connectivity index (χ4n) is 2.74. The molecule has 3 atom stereocenters. The molecular formula is C18H26FN3O3. The van der Waals surface area contributed by atoms with E-state index in [0.29, 0.717) is 6.61 Å². The molecule has 2 unspecified atom stereocenters. The van der Waals surface area contributed by atoms with Crippen LogP contribution in [0.4, 0.5) is 4.39 Å². The summed E-state index contributed by atoms with van der Waals surface area (Å²) >= 11 is 0. The lowest BCUT2D eigenvalue weighted by molar-refractivity contribution is -0.128. The van der Waals surface area contributed by atoms with Crippen molar-refractivity contribution in [3.8, 4) is 0 Å². The van der Waals surface area contributed by atoms with Crippen molar-refractivity contribution in [2.45, 2.75) is 44.9 Å². The molecule has 1 heterocycles. The Morgan fingerprint density at radius 3 is 2.56 bits per heavy atom. The van der Waals surface area contributed by atoms with Crippen molar-refractivity contribution in [2.24, 2.45) is 11.7 Å². The number of benzene rings is 1. The van der Waals surface area contributed by atoms with Gasteiger partial charge >= 0.3 is 0 Å². The zero-order valence-electron chi connectivity index (χ0n) is 14.6. The highest BCUT2D eigenvalue weighted by Gasteiger charge is 2.29. The summed E-state index contributed by atoms with van der Waals surface area (Å²) in [5, 5.41) is 5.42. The fourth-order valence-corrected chi connectivity index (χ4v) is 2.74. The van der Waals surface area contributed by atoms with Gasteiger partial charge in [-0.15, -0.1) is 0 Å². The van der Waals surface area contributed by atoms with E-state index in [2.05, 4.69) is 10.6 Å². The highest BCUT2D eigenvalue weighted by Crippen LogP contribution is 2.27. The number of halogens is 1. The average Bonchev–Trinajstić information content (AvgIpc) is 3.12. The summed E-state index contributed by atoms with van der Waals surface area (Å²) in [5.41, 5.74) is 6.52. The Morgan fingerprint density at radius 2 is 2.00 bits per heavy atom. The molecule has 0 spiro atoms. The number of carbonyl (C=O) groups excluding carboxylic acids is 2. The molecule has 0 saturated carbocycles. The monoisotopic (exact) mass is 351 g/mol. The fraction of sp³-hybridized carbons (Fsp3) is 0.556. The predicted molar refractivity (Wildman–Crippen MR) is 92.1 cm³/mol. The maximum Gasteiger partial charge on any atom is 0.239 e. The molecule has 7 heteroatoms. The third-order valence-corrected chi connectivity index (χ3v) is 4.33. The van der Waals surface area contributed by atoms with Crippen LogP contribution >= 0.6 is 0 Å². The van der Waals surface area contributed by atoms with E-state index in [1.54, 1.807) is 12.1 Å². The molecule has 138 valence electrons. The summed E-state index contributed by atoms with van der Waals surface area (Å²) < 4.78 is 18.8. The van der Waals surface area contributed by atoms with E-state index in [4.69, 9.17) is 10.5 Å². The number of amides is 2. The molecule has 6 nitrogen and oxygen atoms in total. The minimum Gasteiger partial charge on any atom is -0.376 e. The Bertz CT molecular complexity index is 586. The highest BCUT2D eigenvalue weighted by atomic mass is 19.1. The van der Waals surface area contributed by atoms with Crippen molar-refractivity contribution < 1.29 is 18.7 Å². The number of ether oxygens (including phenoxy) is 1. The molecule has 1 saturated heterocycles. The third-order valence-electron chi connectivity index (χ3n) is 4.33. The second-order valence-corrected chi connectivity index (χ2v) is 6.64. The summed E-state index contributed by atoms with van der Waals surface area (Å²) in [5.74, 6) is -1.05. The highest BCUT2D eigenvalue weighted by molar-refractivity contribution is 5.87. The van der Waals surface area contributed by atoms with Crippen LogP contribution in [0.5, 0.6) is 0 Å². The topological polar surface area (TPSA) is 93.5 Å². The molecule has 2 amide bonds. The molecule has 1 fully saturated rings. The van der Waals surface area contributed by atoms with E-state index in [1.807, 2.05) is 13.8 Å². The van der Waals surface area contributed by atoms with Gasteiger partial charge in [-0.1, -0.05) is 26.0 Å². The Kier molecular flexibility index (Phi) is 6.90. The number of nitrogens with one attached hydrogen (secondary N) is 2. The lowest BCUT2D eigenvalue weighted by Crippen LogP contribution is -2.48. The van der Waals surface area contributed by atoms with Crippen molar-refractivity contribution in [1.29, 1.82) is 0 Å². The number of hydrogen-bond acceptors (Lipinski definition) is 4. The molecular weight excluding hydrogens is 325 g/mol. The van der Waals surface area contributed by atoms with Crippen LogP contribution < -0.4 is 16.4 Å². The number of rotatable bonds is 7. The van der Waals surface area contributed by atoms with Crippen molar-refractivity contribution >= 4 is 11.8 Å². The van der Waals surface area contributed by atoms with Crippen LogP contribution in [0.1, 0.15) is 38.3 Å². The average molecular weight is 351 g/mol. The first-order valence-electron chi connectivity index (χ1n) is 8.58. The molecule has 1 aliphatic heterocycles. The molecule has 1 aromatic rings. The van der Waals surface area contributed by atoms with Crippen LogP contribution in [0.25, 0.3) is 0 Å². The maximum absolute atomic E-state index is 13.2. The van der Waals surface area contributed by atoms with Crippen molar-refractivity contribution in [2.75, 3.05) is 13.2 Å². The summed E-state index contributed by atoms with van der Waals surface area (Å²) in [6.07, 6.45) is 1.56. The van der Waals surface area contributed by atoms with Crippen LogP contribution in [0, 0.1) is 11.7 Å². The Hall–Kier alpha value is -1.99. The summed E-state index contributed by atoms with van der Waals surface area (Å²) in [7, 11) is 0. The van der Waals surface area contributed by atoms with Gasteiger partial charge in [-0.05, 0) is 36.5 Å². The normalized spacial score (nSPS) is 19.5. The van der Waals surface area contributed by atoms with Gasteiger partial charge in [0.05, 0.1) is 24.7 Å². The molecule has 0 bridgehead atoms. The minimum atomic E-state index is -0.654. The van der Waals surface area contributed by atoms with Gasteiger partial charge in [0.25, 0.3) is 0 Å². The molecule has 2 rings (SSSR count). The summed E-state index contributed by atoms with van der Waals surface area (Å²) in [6, 6.07) is 4.94. The van der Waals surface area contributed by atoms with Gasteiger partial charge in [0.2, 0.25) is 11.8 Å². The van der Waals surface area contributed by atoms with Gasteiger partial charge in [-0.25, -0.2) is 4.39 Å². The van der Waals surface area contributed by atoms with E-state index < -0.39 is 6.04 Å². The Morgan fingerprint density at radius 1 is 1.32 bits per heavy atom. The molecule has 25 heavy (non-hydrogen) atoms. The van der Waals surface area contributed by atoms with Crippen molar-refractivity contribution in [1.82, 2.24) is 10.6 Å². The van der Waals surface area contributed by atoms with E-state index >= 15 is 0 Å². The third kappa shape index (κ3) is 5.51. The lowest BCUT2D eigenvalue weighted by atomic mass is 9.99. The first-order chi connectivity index (χ1) is 11.9. The van der Waals surface area contributed by atoms with E-state index in [1.165, 1.54) is 12.1 Å². The summed E-state index contributed by atoms with van der Waals surface area (Å²) in [4.78, 5) is 24.1. The Balaban J connectivity index is 1.97. The molecule has 1 aromatic carbocycles. The predicted octanol–water partition coefficient (Wildman–Crippen LogP) is 1.26. The van der Waals surface area contributed by atoms with Crippen LogP contribution in [-0.2, 0) is 14.3 Å². The first-order valence-corrected chi connectivity index (χ1v) is 8.58. The molecule has 0 radical (unpaired) electrons. The maximum atomic E-state index is 13.2. The van der Waals surface area contributed by atoms with Crippen molar-refractivity contribution in [3.05, 3.63) is 35.6 Å². The van der Waals surface area contributed by atoms with E-state index in [0.717, 1.165) is 18.4 Å². The SMILES string of the molecule is CC(C)[C@H](N)C(=O)NCC(=O)NC(c1ccc(F)cc1)C1CCCO1. The second kappa shape index (κ2) is 8.92. The second-order valence-electron chi connectivity index (χ2n) is 6.64. The first kappa shape index (κ1) is 19.3. The van der Waals surface area contributed by atoms with Crippen LogP contribution in [0.2, 0.25) is 0 Å². The van der Waals surface area contributed by atoms with E-state index in [-0.39, 0.29) is 42.2 Å². The smallest absolute Gasteiger partial charge is 0.239 e. The van der Waals surface area contributed by atoms with E-state index in [9.17, 15) is 14.0 Å². The number of carbonyl (C=O) groups is 2. The summed E-state index contributed by atoms with van der Waals surface area (Å²) in [6.45, 7) is 4.15. The van der Waals surface area contributed by atoms with Crippen LogP contribution in [0.3, 0.4) is 0 Å². The van der Waals surface area contributed by atoms with Crippen molar-refractivity contribution in [3.63, 3.8) is 0 Å². The van der Waals surface area contributed by atoms with Gasteiger partial charge < -0.3 is 21.1 Å². The van der Waals surface area contributed by atoms with Gasteiger partial charge in [0.15, 0.2) is 0 Å². The molecule has 4 N–H and O–H groups in total. The number of nitrogens with two attached hydrogens (primary N) is 1. The lowest BCUT2D eigenvalue weighted by Gasteiger charge is -2.25. The van der Waals surface area contributed by atoms with Gasteiger partial charge in [0, 0.05) is 6.61 Å². The zero-order valence-corrected chi connectivity index (χ0v) is 14.6. The largest absolute Gasteiger partial charge is 0.376 e. The molecule has 1 aliphatic rings. The van der Waals surface area contributed by atoms with Crippen LogP contribution in [0.15, 0.2) is 24.3 Å². The van der Waals surface area contributed by atoms with Gasteiger partial charge in [-0.3, -0.25) is 9.59 Å². The standard InChI is InChI=1S/C18H26FN3O3/c1-11(2)16(20)18(24)21-10-15(23)22-17(14-4-3-9-25-14)12-5-7-13(19)8-6-12/h5-8,11,14,16-17H,3-4,9-10,20H2,1-2H3,(H,21,24)(H,22,23)/t14?,16-,17?/m0/s1. The zero-order chi connectivity index (χ0) is 18.4. The quantitative estimate of drug-likeness (QED) is 0.689. The van der Waals surface area contributed by atoms with Gasteiger partial charge in [-0.2, -0.15) is 0 Å². The Labute approximate surface area is 147 Å². The molecule has 0 aromatic heterocycles. The van der Waals surface area contributed by atoms with Crippen LogP contribution in [-0.4, -0.2) is 37.1 Å². The minimum absolute atomic E-state index is 0.0121. The number of hydrogen-bond donors (Lipinski definition) is 3.